The SMILES string of the molecule is NNc1c(F)cccc1C(=O)NCCc1cccnc1. The molecule has 4 N–H and O–H groups in total. The molecule has 1 aromatic carbocycles. The maximum absolute atomic E-state index is 13.5. The minimum Gasteiger partial charge on any atom is -0.352 e. The van der Waals surface area contributed by atoms with Gasteiger partial charge in [-0.2, -0.15) is 0 Å². The van der Waals surface area contributed by atoms with Gasteiger partial charge in [0.05, 0.1) is 11.3 Å². The number of aromatic nitrogens is 1. The van der Waals surface area contributed by atoms with Crippen molar-refractivity contribution in [2.75, 3.05) is 12.0 Å². The Hall–Kier alpha value is -2.47. The molecule has 0 atom stereocenters. The van der Waals surface area contributed by atoms with E-state index in [0.717, 1.165) is 5.56 Å². The predicted octanol–water partition coefficient (Wildman–Crippen LogP) is 1.48. The third-order valence-electron chi connectivity index (χ3n) is 2.82. The summed E-state index contributed by atoms with van der Waals surface area (Å²) >= 11 is 0. The number of hydrogen-bond acceptors (Lipinski definition) is 4. The number of carbonyl (C=O) groups is 1. The molecule has 5 nitrogen and oxygen atoms in total. The predicted molar refractivity (Wildman–Crippen MR) is 74.5 cm³/mol. The van der Waals surface area contributed by atoms with Gasteiger partial charge >= 0.3 is 0 Å². The molecule has 104 valence electrons. The first-order valence-corrected chi connectivity index (χ1v) is 6.14. The highest BCUT2D eigenvalue weighted by molar-refractivity contribution is 5.99. The lowest BCUT2D eigenvalue weighted by atomic mass is 10.1. The molecule has 0 fully saturated rings. The van der Waals surface area contributed by atoms with Gasteiger partial charge < -0.3 is 10.7 Å². The summed E-state index contributed by atoms with van der Waals surface area (Å²) < 4.78 is 13.5. The van der Waals surface area contributed by atoms with Crippen LogP contribution in [0.25, 0.3) is 0 Å². The first-order valence-electron chi connectivity index (χ1n) is 6.14. The molecule has 0 spiro atoms. The van der Waals surface area contributed by atoms with E-state index in [1.807, 2.05) is 12.1 Å². The van der Waals surface area contributed by atoms with Crippen LogP contribution in [0.5, 0.6) is 0 Å². The van der Waals surface area contributed by atoms with Gasteiger partial charge in [0.2, 0.25) is 0 Å². The van der Waals surface area contributed by atoms with Crippen LogP contribution in [0.15, 0.2) is 42.7 Å². The van der Waals surface area contributed by atoms with Crippen LogP contribution in [0.2, 0.25) is 0 Å². The fraction of sp³-hybridized carbons (Fsp3) is 0.143. The van der Waals surface area contributed by atoms with Crippen molar-refractivity contribution in [3.63, 3.8) is 0 Å². The van der Waals surface area contributed by atoms with E-state index >= 15 is 0 Å². The normalized spacial score (nSPS) is 10.1. The molecule has 0 unspecified atom stereocenters. The Bertz CT molecular complexity index is 589. The van der Waals surface area contributed by atoms with Crippen LogP contribution >= 0.6 is 0 Å². The van der Waals surface area contributed by atoms with Crippen LogP contribution in [0, 0.1) is 5.82 Å². The molecule has 0 aliphatic heterocycles. The van der Waals surface area contributed by atoms with Gasteiger partial charge in [0.1, 0.15) is 5.82 Å². The lowest BCUT2D eigenvalue weighted by Gasteiger charge is -2.10. The first-order chi connectivity index (χ1) is 9.72. The van der Waals surface area contributed by atoms with Crippen molar-refractivity contribution in [1.29, 1.82) is 0 Å². The van der Waals surface area contributed by atoms with Crippen molar-refractivity contribution in [2.24, 2.45) is 5.84 Å². The average Bonchev–Trinajstić information content (AvgIpc) is 2.48. The van der Waals surface area contributed by atoms with E-state index in [0.29, 0.717) is 13.0 Å². The zero-order valence-electron chi connectivity index (χ0n) is 10.8. The van der Waals surface area contributed by atoms with Crippen LogP contribution in [-0.4, -0.2) is 17.4 Å². The van der Waals surface area contributed by atoms with Crippen LogP contribution in [-0.2, 0) is 6.42 Å². The van der Waals surface area contributed by atoms with Gasteiger partial charge in [-0.1, -0.05) is 12.1 Å². The summed E-state index contributed by atoms with van der Waals surface area (Å²) in [5.74, 6) is 4.29. The maximum atomic E-state index is 13.5. The van der Waals surface area contributed by atoms with Gasteiger partial charge in [-0.25, -0.2) is 4.39 Å². The highest BCUT2D eigenvalue weighted by Crippen LogP contribution is 2.18. The van der Waals surface area contributed by atoms with E-state index < -0.39 is 5.82 Å². The second-order valence-electron chi connectivity index (χ2n) is 4.17. The zero-order valence-corrected chi connectivity index (χ0v) is 10.8. The van der Waals surface area contributed by atoms with Gasteiger partial charge in [-0.15, -0.1) is 0 Å². The summed E-state index contributed by atoms with van der Waals surface area (Å²) in [4.78, 5) is 16.0. The third-order valence-corrected chi connectivity index (χ3v) is 2.82. The van der Waals surface area contributed by atoms with Crippen molar-refractivity contribution in [1.82, 2.24) is 10.3 Å². The Balaban J connectivity index is 1.97. The van der Waals surface area contributed by atoms with Gasteiger partial charge in [-0.05, 0) is 30.2 Å². The van der Waals surface area contributed by atoms with Crippen LogP contribution in [0.3, 0.4) is 0 Å². The summed E-state index contributed by atoms with van der Waals surface area (Å²) in [5, 5.41) is 2.72. The topological polar surface area (TPSA) is 80.0 Å². The van der Waals surface area contributed by atoms with E-state index in [9.17, 15) is 9.18 Å². The van der Waals surface area contributed by atoms with E-state index in [2.05, 4.69) is 15.7 Å². The number of anilines is 1. The third kappa shape index (κ3) is 3.30. The monoisotopic (exact) mass is 274 g/mol. The second kappa shape index (κ2) is 6.63. The summed E-state index contributed by atoms with van der Waals surface area (Å²) in [5.41, 5.74) is 3.40. The molecule has 2 rings (SSSR count). The zero-order chi connectivity index (χ0) is 14.4. The molecule has 1 heterocycles. The number of nitrogen functional groups attached to an aromatic ring is 1. The summed E-state index contributed by atoms with van der Waals surface area (Å²) in [7, 11) is 0. The average molecular weight is 274 g/mol. The Labute approximate surface area is 116 Å². The Morgan fingerprint density at radius 2 is 2.15 bits per heavy atom. The van der Waals surface area contributed by atoms with Gasteiger partial charge in [0, 0.05) is 18.9 Å². The lowest BCUT2D eigenvalue weighted by molar-refractivity contribution is 0.0954. The number of halogens is 1. The summed E-state index contributed by atoms with van der Waals surface area (Å²) in [6.45, 7) is 0.436. The molecule has 0 bridgehead atoms. The van der Waals surface area contributed by atoms with E-state index in [-0.39, 0.29) is 17.2 Å². The molecule has 1 amide bonds. The molecule has 6 heteroatoms. The number of benzene rings is 1. The molecular formula is C14H15FN4O. The summed E-state index contributed by atoms with van der Waals surface area (Å²) in [6, 6.07) is 7.97. The molecule has 0 aliphatic rings. The molecular weight excluding hydrogens is 259 g/mol. The Morgan fingerprint density at radius 3 is 2.85 bits per heavy atom. The summed E-state index contributed by atoms with van der Waals surface area (Å²) in [6.07, 6.45) is 4.08. The number of carbonyl (C=O) groups excluding carboxylic acids is 1. The van der Waals surface area contributed by atoms with Crippen molar-refractivity contribution < 1.29 is 9.18 Å². The van der Waals surface area contributed by atoms with E-state index in [1.54, 1.807) is 12.4 Å². The lowest BCUT2D eigenvalue weighted by Crippen LogP contribution is -2.27. The molecule has 20 heavy (non-hydrogen) atoms. The minimum atomic E-state index is -0.563. The van der Waals surface area contributed by atoms with E-state index in [4.69, 9.17) is 5.84 Å². The van der Waals surface area contributed by atoms with Crippen LogP contribution in [0.4, 0.5) is 10.1 Å². The standard InChI is InChI=1S/C14H15FN4O/c15-12-5-1-4-11(13(12)19-16)14(20)18-8-6-10-3-2-7-17-9-10/h1-5,7,9,19H,6,8,16H2,(H,18,20). The number of nitrogens with zero attached hydrogens (tertiary/aromatic N) is 1. The number of pyridine rings is 1. The van der Waals surface area contributed by atoms with E-state index in [1.165, 1.54) is 18.2 Å². The largest absolute Gasteiger partial charge is 0.352 e. The highest BCUT2D eigenvalue weighted by atomic mass is 19.1. The molecule has 0 saturated carbocycles. The quantitative estimate of drug-likeness (QED) is 0.570. The fourth-order valence-corrected chi connectivity index (χ4v) is 1.82. The van der Waals surface area contributed by atoms with Crippen LogP contribution < -0.4 is 16.6 Å². The number of amides is 1. The van der Waals surface area contributed by atoms with Crippen molar-refractivity contribution >= 4 is 11.6 Å². The minimum absolute atomic E-state index is 0.00798. The molecule has 2 aromatic rings. The number of para-hydroxylation sites is 1. The molecule has 1 aromatic heterocycles. The Kier molecular flexibility index (Phi) is 4.62. The van der Waals surface area contributed by atoms with Crippen molar-refractivity contribution in [3.8, 4) is 0 Å². The first kappa shape index (κ1) is 14.0. The number of nitrogens with two attached hydrogens (primary N) is 1. The fourth-order valence-electron chi connectivity index (χ4n) is 1.82. The molecule has 0 aliphatic carbocycles. The van der Waals surface area contributed by atoms with Gasteiger partial charge in [-0.3, -0.25) is 15.6 Å². The Morgan fingerprint density at radius 1 is 1.30 bits per heavy atom. The smallest absolute Gasteiger partial charge is 0.253 e. The highest BCUT2D eigenvalue weighted by Gasteiger charge is 2.13. The second-order valence-corrected chi connectivity index (χ2v) is 4.17. The number of hydrogen-bond donors (Lipinski definition) is 3. The number of rotatable bonds is 5. The maximum Gasteiger partial charge on any atom is 0.253 e. The molecule has 0 saturated heterocycles. The molecule has 0 radical (unpaired) electrons. The van der Waals surface area contributed by atoms with Gasteiger partial charge in [0.15, 0.2) is 0 Å². The van der Waals surface area contributed by atoms with Crippen molar-refractivity contribution in [3.05, 3.63) is 59.7 Å². The number of hydrazine groups is 1. The van der Waals surface area contributed by atoms with Gasteiger partial charge in [0.25, 0.3) is 5.91 Å². The number of nitrogens with one attached hydrogen (secondary N) is 2. The van der Waals surface area contributed by atoms with Crippen LogP contribution in [0.1, 0.15) is 15.9 Å². The van der Waals surface area contributed by atoms with Crippen molar-refractivity contribution in [2.45, 2.75) is 6.42 Å².